The summed E-state index contributed by atoms with van der Waals surface area (Å²) in [6.45, 7) is 4.10. The third-order valence-corrected chi connectivity index (χ3v) is 9.80. The Hall–Kier alpha value is -0.300. The molecule has 0 aromatic carbocycles. The number of hydrogen-bond donors (Lipinski definition) is 0. The van der Waals surface area contributed by atoms with Crippen LogP contribution in [0.3, 0.4) is 0 Å². The topological polar surface area (TPSA) is 3.24 Å². The van der Waals surface area contributed by atoms with E-state index in [1.165, 1.54) is 77.0 Å². The Balaban J connectivity index is 1.48. The molecule has 152 valence electrons. The smallest absolute Gasteiger partial charge is 0.0132 e. The van der Waals surface area contributed by atoms with E-state index in [0.29, 0.717) is 0 Å². The molecule has 6 atom stereocenters. The minimum Gasteiger partial charge on any atom is -0.294 e. The molecule has 0 spiro atoms. The van der Waals surface area contributed by atoms with Crippen molar-refractivity contribution in [1.82, 2.24) is 4.90 Å². The fourth-order valence-electron chi connectivity index (χ4n) is 8.69. The van der Waals surface area contributed by atoms with Crippen LogP contribution >= 0.6 is 0 Å². The van der Waals surface area contributed by atoms with Crippen LogP contribution in [-0.4, -0.2) is 23.0 Å². The van der Waals surface area contributed by atoms with Crippen LogP contribution in [0.4, 0.5) is 0 Å². The summed E-state index contributed by atoms with van der Waals surface area (Å²) in [7, 11) is 0. The van der Waals surface area contributed by atoms with Gasteiger partial charge in [-0.3, -0.25) is 4.90 Å². The Morgan fingerprint density at radius 1 is 0.519 bits per heavy atom. The quantitative estimate of drug-likeness (QED) is 0.475. The lowest BCUT2D eigenvalue weighted by atomic mass is 9.62. The fraction of sp³-hybridized carbons (Fsp3) is 0.923. The molecule has 5 fully saturated rings. The molecule has 5 aliphatic rings. The number of hydrogen-bond acceptors (Lipinski definition) is 1. The molecule has 27 heavy (non-hydrogen) atoms. The molecule has 0 aromatic heterocycles. The van der Waals surface area contributed by atoms with E-state index in [-0.39, 0.29) is 0 Å². The van der Waals surface area contributed by atoms with Crippen LogP contribution in [-0.2, 0) is 0 Å². The maximum absolute atomic E-state index is 4.10. The zero-order valence-electron chi connectivity index (χ0n) is 17.7. The zero-order valence-corrected chi connectivity index (χ0v) is 17.7. The molecule has 1 nitrogen and oxygen atoms in total. The van der Waals surface area contributed by atoms with E-state index in [1.807, 2.05) is 0 Å². The Morgan fingerprint density at radius 3 is 1.44 bits per heavy atom. The Morgan fingerprint density at radius 2 is 0.963 bits per heavy atom. The van der Waals surface area contributed by atoms with Crippen molar-refractivity contribution in [3.05, 3.63) is 12.7 Å². The molecule has 5 rings (SSSR count). The van der Waals surface area contributed by atoms with Gasteiger partial charge in [0.2, 0.25) is 0 Å². The third-order valence-electron chi connectivity index (χ3n) is 9.80. The van der Waals surface area contributed by atoms with Crippen LogP contribution in [0.25, 0.3) is 0 Å². The summed E-state index contributed by atoms with van der Waals surface area (Å²) in [4.78, 5) is 3.26. The fourth-order valence-corrected chi connectivity index (χ4v) is 8.69. The number of fused-ring (bicyclic) bond motifs is 5. The molecular formula is C26H43N. The lowest BCUT2D eigenvalue weighted by Crippen LogP contribution is -2.55. The average molecular weight is 370 g/mol. The molecule has 1 heterocycles. The number of likely N-dealkylation sites (tertiary alicyclic amines) is 1. The SMILES string of the molecule is C=CC1CCC(N2C3CCCCC3C3CCCCC3C3CCCCC32)CC1. The lowest BCUT2D eigenvalue weighted by molar-refractivity contribution is -0.0150. The lowest BCUT2D eigenvalue weighted by Gasteiger charge is -2.50. The van der Waals surface area contributed by atoms with E-state index in [2.05, 4.69) is 17.6 Å². The second kappa shape index (κ2) is 8.21. The van der Waals surface area contributed by atoms with Gasteiger partial charge in [-0.15, -0.1) is 6.58 Å². The highest BCUT2D eigenvalue weighted by molar-refractivity contribution is 5.04. The summed E-state index contributed by atoms with van der Waals surface area (Å²) in [6.07, 6.45) is 26.4. The van der Waals surface area contributed by atoms with Crippen molar-refractivity contribution >= 4 is 0 Å². The molecule has 0 aromatic rings. The van der Waals surface area contributed by atoms with Crippen molar-refractivity contribution in [2.24, 2.45) is 29.6 Å². The van der Waals surface area contributed by atoms with Crippen LogP contribution in [0.2, 0.25) is 0 Å². The first-order valence-electron chi connectivity index (χ1n) is 12.8. The zero-order chi connectivity index (χ0) is 18.2. The first-order chi connectivity index (χ1) is 13.4. The number of allylic oxidation sites excluding steroid dienone is 1. The van der Waals surface area contributed by atoms with Gasteiger partial charge in [0.15, 0.2) is 0 Å². The average Bonchev–Trinajstić information content (AvgIpc) is 2.87. The van der Waals surface area contributed by atoms with Crippen LogP contribution in [0.5, 0.6) is 0 Å². The van der Waals surface area contributed by atoms with Gasteiger partial charge in [-0.1, -0.05) is 44.6 Å². The maximum atomic E-state index is 4.10. The van der Waals surface area contributed by atoms with Crippen LogP contribution in [0.15, 0.2) is 12.7 Å². The minimum atomic E-state index is 0.806. The van der Waals surface area contributed by atoms with Crippen molar-refractivity contribution in [1.29, 1.82) is 0 Å². The second-order valence-corrected chi connectivity index (χ2v) is 10.9. The largest absolute Gasteiger partial charge is 0.294 e. The summed E-state index contributed by atoms with van der Waals surface area (Å²) < 4.78 is 0. The predicted molar refractivity (Wildman–Crippen MR) is 115 cm³/mol. The standard InChI is InChI=1S/C26H43N/c1-2-19-15-17-20(18-16-19)27-25-13-7-5-11-23(25)21-9-3-4-10-22(21)24-12-6-8-14-26(24)27/h2,19-26H,1,3-18H2. The van der Waals surface area contributed by atoms with Gasteiger partial charge in [0.05, 0.1) is 0 Å². The minimum absolute atomic E-state index is 0.806. The second-order valence-electron chi connectivity index (χ2n) is 10.9. The van der Waals surface area contributed by atoms with Gasteiger partial charge in [-0.2, -0.15) is 0 Å². The molecule has 1 saturated heterocycles. The van der Waals surface area contributed by atoms with E-state index in [1.54, 1.807) is 25.7 Å². The molecule has 1 aliphatic heterocycles. The molecule has 1 heteroatoms. The van der Waals surface area contributed by atoms with E-state index >= 15 is 0 Å². The number of rotatable bonds is 2. The van der Waals surface area contributed by atoms with Gasteiger partial charge in [-0.25, -0.2) is 0 Å². The van der Waals surface area contributed by atoms with Crippen LogP contribution < -0.4 is 0 Å². The van der Waals surface area contributed by atoms with E-state index in [0.717, 1.165) is 47.7 Å². The van der Waals surface area contributed by atoms with Crippen molar-refractivity contribution in [2.75, 3.05) is 0 Å². The first kappa shape index (κ1) is 18.7. The van der Waals surface area contributed by atoms with Crippen molar-refractivity contribution in [3.8, 4) is 0 Å². The molecule has 6 unspecified atom stereocenters. The highest BCUT2D eigenvalue weighted by Crippen LogP contribution is 2.54. The van der Waals surface area contributed by atoms with Gasteiger partial charge in [0.25, 0.3) is 0 Å². The number of nitrogens with zero attached hydrogens (tertiary/aromatic N) is 1. The van der Waals surface area contributed by atoms with Gasteiger partial charge >= 0.3 is 0 Å². The summed E-state index contributed by atoms with van der Waals surface area (Å²) >= 11 is 0. The Bertz CT molecular complexity index is 472. The normalized spacial score (nSPS) is 48.6. The maximum Gasteiger partial charge on any atom is 0.0132 e. The van der Waals surface area contributed by atoms with E-state index in [4.69, 9.17) is 0 Å². The summed E-state index contributed by atoms with van der Waals surface area (Å²) in [5, 5.41) is 0. The van der Waals surface area contributed by atoms with Crippen molar-refractivity contribution in [2.45, 2.75) is 121 Å². The third kappa shape index (κ3) is 3.45. The highest BCUT2D eigenvalue weighted by atomic mass is 15.2. The molecule has 0 bridgehead atoms. The Kier molecular flexibility index (Phi) is 5.69. The Labute approximate surface area is 168 Å². The molecule has 4 saturated carbocycles. The summed E-state index contributed by atoms with van der Waals surface area (Å²) in [6, 6.07) is 2.79. The molecular weight excluding hydrogens is 326 g/mol. The van der Waals surface area contributed by atoms with E-state index in [9.17, 15) is 0 Å². The monoisotopic (exact) mass is 369 g/mol. The van der Waals surface area contributed by atoms with E-state index < -0.39 is 0 Å². The van der Waals surface area contributed by atoms with Gasteiger partial charge < -0.3 is 0 Å². The van der Waals surface area contributed by atoms with Crippen molar-refractivity contribution < 1.29 is 0 Å². The van der Waals surface area contributed by atoms with Gasteiger partial charge in [0.1, 0.15) is 0 Å². The summed E-state index contributed by atoms with van der Waals surface area (Å²) in [5.41, 5.74) is 0. The van der Waals surface area contributed by atoms with Crippen molar-refractivity contribution in [3.63, 3.8) is 0 Å². The molecule has 4 aliphatic carbocycles. The van der Waals surface area contributed by atoms with Crippen LogP contribution in [0.1, 0.15) is 103 Å². The molecule has 0 N–H and O–H groups in total. The molecule has 0 radical (unpaired) electrons. The predicted octanol–water partition coefficient (Wildman–Crippen LogP) is 6.97. The first-order valence-corrected chi connectivity index (χ1v) is 12.8. The van der Waals surface area contributed by atoms with Gasteiger partial charge in [0, 0.05) is 18.1 Å². The highest BCUT2D eigenvalue weighted by Gasteiger charge is 2.51. The van der Waals surface area contributed by atoms with Crippen LogP contribution in [0, 0.1) is 29.6 Å². The van der Waals surface area contributed by atoms with Gasteiger partial charge in [-0.05, 0) is 93.8 Å². The summed E-state index contributed by atoms with van der Waals surface area (Å²) in [5.74, 6) is 5.08. The molecule has 0 amide bonds.